The average molecular weight is 611 g/mol. The van der Waals surface area contributed by atoms with Crippen LogP contribution in [0.1, 0.15) is 50.8 Å². The molecule has 0 aliphatic carbocycles. The minimum Gasteiger partial charge on any atom is -0.493 e. The molecule has 3 aromatic rings. The molecule has 1 atom stereocenters. The Balaban J connectivity index is 1.40. The van der Waals surface area contributed by atoms with Gasteiger partial charge in [0.25, 0.3) is 5.91 Å². The number of ether oxygens (including phenoxy) is 2. The van der Waals surface area contributed by atoms with E-state index in [1.807, 2.05) is 30.9 Å². The monoisotopic (exact) mass is 610 g/mol. The van der Waals surface area contributed by atoms with Crippen molar-refractivity contribution in [3.05, 3.63) is 58.9 Å². The SMILES string of the molecule is Cc1ccc(OCCCC(=O)Nc2ccc(Cl)c(NC(=O)C(C(=O)C(C)(C)C)n3cnc(N4CCOCC4)n3)c2)c(C)c1. The summed E-state index contributed by atoms with van der Waals surface area (Å²) in [6.07, 6.45) is 2.16. The van der Waals surface area contributed by atoms with Crippen molar-refractivity contribution in [2.24, 2.45) is 5.41 Å². The number of hydrogen-bond acceptors (Lipinski definition) is 8. The summed E-state index contributed by atoms with van der Waals surface area (Å²) in [5.41, 5.74) is 2.08. The number of carbonyl (C=O) groups is 3. The minimum absolute atomic E-state index is 0.206. The van der Waals surface area contributed by atoms with Crippen molar-refractivity contribution >= 4 is 46.5 Å². The van der Waals surface area contributed by atoms with E-state index in [-0.39, 0.29) is 28.8 Å². The molecule has 0 bridgehead atoms. The average Bonchev–Trinajstić information content (AvgIpc) is 3.44. The van der Waals surface area contributed by atoms with Crippen LogP contribution in [-0.2, 0) is 19.1 Å². The number of benzene rings is 2. The molecule has 1 fully saturated rings. The van der Waals surface area contributed by atoms with Crippen LogP contribution in [0, 0.1) is 19.3 Å². The largest absolute Gasteiger partial charge is 0.493 e. The first kappa shape index (κ1) is 32.0. The Labute approximate surface area is 256 Å². The van der Waals surface area contributed by atoms with Gasteiger partial charge in [0, 0.05) is 30.6 Å². The highest BCUT2D eigenvalue weighted by Crippen LogP contribution is 2.29. The second-order valence-corrected chi connectivity index (χ2v) is 12.0. The lowest BCUT2D eigenvalue weighted by Crippen LogP contribution is -2.39. The van der Waals surface area contributed by atoms with Crippen molar-refractivity contribution in [2.45, 2.75) is 53.5 Å². The first-order valence-corrected chi connectivity index (χ1v) is 14.7. The summed E-state index contributed by atoms with van der Waals surface area (Å²) in [5.74, 6) is 0.0581. The Hall–Kier alpha value is -3.96. The van der Waals surface area contributed by atoms with Crippen molar-refractivity contribution in [1.29, 1.82) is 0 Å². The molecule has 0 radical (unpaired) electrons. The van der Waals surface area contributed by atoms with E-state index >= 15 is 0 Å². The molecule has 2 amide bonds. The van der Waals surface area contributed by atoms with Crippen LogP contribution >= 0.6 is 11.6 Å². The fourth-order valence-electron chi connectivity index (χ4n) is 4.57. The summed E-state index contributed by atoms with van der Waals surface area (Å²) in [6.45, 7) is 12.0. The van der Waals surface area contributed by atoms with Crippen LogP contribution in [0.15, 0.2) is 42.7 Å². The predicted molar refractivity (Wildman–Crippen MR) is 166 cm³/mol. The van der Waals surface area contributed by atoms with E-state index in [9.17, 15) is 14.4 Å². The molecular formula is C31H39ClN6O5. The Morgan fingerprint density at radius 1 is 1.07 bits per heavy atom. The highest BCUT2D eigenvalue weighted by molar-refractivity contribution is 6.34. The number of hydrogen-bond donors (Lipinski definition) is 2. The summed E-state index contributed by atoms with van der Waals surface area (Å²) in [5, 5.41) is 10.3. The number of Topliss-reactive ketones (excluding diaryl/α,β-unsaturated/α-hetero) is 1. The maximum atomic E-state index is 13.6. The van der Waals surface area contributed by atoms with Crippen LogP contribution in [-0.4, -0.2) is 65.3 Å². The van der Waals surface area contributed by atoms with Gasteiger partial charge in [-0.3, -0.25) is 14.4 Å². The fraction of sp³-hybridized carbons (Fsp3) is 0.452. The lowest BCUT2D eigenvalue weighted by molar-refractivity contribution is -0.135. The molecule has 12 heteroatoms. The molecule has 230 valence electrons. The maximum absolute atomic E-state index is 13.6. The highest BCUT2D eigenvalue weighted by Gasteiger charge is 2.37. The van der Waals surface area contributed by atoms with E-state index in [2.05, 4.69) is 26.8 Å². The normalized spacial score (nSPS) is 14.2. The van der Waals surface area contributed by atoms with Gasteiger partial charge in [-0.2, -0.15) is 0 Å². The van der Waals surface area contributed by atoms with Crippen LogP contribution in [0.4, 0.5) is 17.3 Å². The van der Waals surface area contributed by atoms with E-state index in [4.69, 9.17) is 21.1 Å². The van der Waals surface area contributed by atoms with E-state index in [1.54, 1.807) is 39.0 Å². The highest BCUT2D eigenvalue weighted by atomic mass is 35.5. The molecule has 11 nitrogen and oxygen atoms in total. The number of nitrogens with zero attached hydrogens (tertiary/aromatic N) is 4. The third-order valence-corrected chi connectivity index (χ3v) is 7.26. The van der Waals surface area contributed by atoms with Gasteiger partial charge in [-0.1, -0.05) is 50.1 Å². The smallest absolute Gasteiger partial charge is 0.257 e. The van der Waals surface area contributed by atoms with Crippen molar-refractivity contribution in [2.75, 3.05) is 48.4 Å². The maximum Gasteiger partial charge on any atom is 0.257 e. The van der Waals surface area contributed by atoms with Crippen LogP contribution < -0.4 is 20.3 Å². The molecule has 2 heterocycles. The number of rotatable bonds is 11. The fourth-order valence-corrected chi connectivity index (χ4v) is 4.73. The molecule has 1 aliphatic heterocycles. The minimum atomic E-state index is -1.28. The summed E-state index contributed by atoms with van der Waals surface area (Å²) in [6, 6.07) is 9.46. The zero-order valence-electron chi connectivity index (χ0n) is 25.3. The summed E-state index contributed by atoms with van der Waals surface area (Å²) in [7, 11) is 0. The lowest BCUT2D eigenvalue weighted by Gasteiger charge is -2.26. The first-order valence-electron chi connectivity index (χ1n) is 14.3. The predicted octanol–water partition coefficient (Wildman–Crippen LogP) is 4.98. The van der Waals surface area contributed by atoms with Crippen molar-refractivity contribution in [3.8, 4) is 5.75 Å². The van der Waals surface area contributed by atoms with Gasteiger partial charge in [-0.05, 0) is 50.1 Å². The van der Waals surface area contributed by atoms with Gasteiger partial charge in [-0.25, -0.2) is 9.67 Å². The number of nitrogens with one attached hydrogen (secondary N) is 2. The second kappa shape index (κ2) is 14.0. The number of halogens is 1. The number of morpholine rings is 1. The van der Waals surface area contributed by atoms with Crippen LogP contribution in [0.2, 0.25) is 5.02 Å². The number of aryl methyl sites for hydroxylation is 2. The molecule has 1 aromatic heterocycles. The van der Waals surface area contributed by atoms with Crippen molar-refractivity contribution in [1.82, 2.24) is 14.8 Å². The lowest BCUT2D eigenvalue weighted by atomic mass is 9.86. The number of carbonyl (C=O) groups excluding carboxylic acids is 3. The Morgan fingerprint density at radius 2 is 1.81 bits per heavy atom. The molecule has 43 heavy (non-hydrogen) atoms. The molecule has 2 N–H and O–H groups in total. The number of amides is 2. The van der Waals surface area contributed by atoms with Gasteiger partial charge in [0.1, 0.15) is 12.1 Å². The molecule has 0 spiro atoms. The standard InChI is InChI=1S/C31H39ClN6O5/c1-20-8-11-25(21(2)17-20)43-14-6-7-26(39)34-22-9-10-23(32)24(18-22)35-29(41)27(28(40)31(3,4)5)38-19-33-30(36-38)37-12-15-42-16-13-37/h8-11,17-19,27H,6-7,12-16H2,1-5H3,(H,34,39)(H,35,41). The molecule has 4 rings (SSSR count). The van der Waals surface area contributed by atoms with Crippen molar-refractivity contribution < 1.29 is 23.9 Å². The second-order valence-electron chi connectivity index (χ2n) is 11.6. The van der Waals surface area contributed by atoms with Crippen LogP contribution in [0.3, 0.4) is 0 Å². The van der Waals surface area contributed by atoms with E-state index in [0.717, 1.165) is 16.9 Å². The Bertz CT molecular complexity index is 1460. The quantitative estimate of drug-likeness (QED) is 0.230. The Morgan fingerprint density at radius 3 is 2.51 bits per heavy atom. The van der Waals surface area contributed by atoms with Crippen LogP contribution in [0.25, 0.3) is 0 Å². The zero-order chi connectivity index (χ0) is 31.1. The van der Waals surface area contributed by atoms with Gasteiger partial charge >= 0.3 is 0 Å². The summed E-state index contributed by atoms with van der Waals surface area (Å²) in [4.78, 5) is 45.9. The third-order valence-electron chi connectivity index (χ3n) is 6.93. The number of aromatic nitrogens is 3. The number of ketones is 1. The van der Waals surface area contributed by atoms with Gasteiger partial charge in [0.05, 0.1) is 30.5 Å². The van der Waals surface area contributed by atoms with Crippen LogP contribution in [0.5, 0.6) is 5.75 Å². The summed E-state index contributed by atoms with van der Waals surface area (Å²) >= 11 is 6.40. The number of anilines is 3. The van der Waals surface area contributed by atoms with Crippen molar-refractivity contribution in [3.63, 3.8) is 0 Å². The third kappa shape index (κ3) is 8.55. The zero-order valence-corrected chi connectivity index (χ0v) is 26.0. The van der Waals surface area contributed by atoms with E-state index in [0.29, 0.717) is 51.0 Å². The van der Waals surface area contributed by atoms with Gasteiger partial charge < -0.3 is 25.0 Å². The molecular weight excluding hydrogens is 572 g/mol. The molecule has 2 aromatic carbocycles. The van der Waals surface area contributed by atoms with Gasteiger partial charge in [0.15, 0.2) is 11.8 Å². The van der Waals surface area contributed by atoms with Gasteiger partial charge in [0.2, 0.25) is 11.9 Å². The Kier molecular flexibility index (Phi) is 10.4. The topological polar surface area (TPSA) is 128 Å². The van der Waals surface area contributed by atoms with E-state index in [1.165, 1.54) is 11.0 Å². The molecule has 1 unspecified atom stereocenters. The molecule has 1 saturated heterocycles. The molecule has 0 saturated carbocycles. The summed E-state index contributed by atoms with van der Waals surface area (Å²) < 4.78 is 12.5. The van der Waals surface area contributed by atoms with Gasteiger partial charge in [-0.15, -0.1) is 5.10 Å². The first-order chi connectivity index (χ1) is 20.4. The molecule has 1 aliphatic rings. The van der Waals surface area contributed by atoms with E-state index < -0.39 is 17.4 Å².